The van der Waals surface area contributed by atoms with Crippen molar-refractivity contribution in [1.82, 2.24) is 15.2 Å². The first kappa shape index (κ1) is 31.6. The minimum Gasteiger partial charge on any atom is -0.475 e. The molecule has 11 nitrogen and oxygen atoms in total. The van der Waals surface area contributed by atoms with E-state index < -0.39 is 22.2 Å². The lowest BCUT2D eigenvalue weighted by atomic mass is 10.1. The molecule has 2 fully saturated rings. The van der Waals surface area contributed by atoms with Gasteiger partial charge < -0.3 is 25.1 Å². The van der Waals surface area contributed by atoms with Crippen molar-refractivity contribution in [2.24, 2.45) is 0 Å². The average Bonchev–Trinajstić information content (AvgIpc) is 3.02. The predicted molar refractivity (Wildman–Crippen MR) is 155 cm³/mol. The quantitative estimate of drug-likeness (QED) is 0.380. The third-order valence-electron chi connectivity index (χ3n) is 6.78. The Morgan fingerprint density at radius 3 is 2.07 bits per heavy atom. The Balaban J connectivity index is 0.000000541. The fourth-order valence-electron chi connectivity index (χ4n) is 4.60. The topological polar surface area (TPSA) is 135 Å². The molecule has 1 aromatic heterocycles. The van der Waals surface area contributed by atoms with Gasteiger partial charge in [0.05, 0.1) is 16.3 Å². The highest BCUT2D eigenvalue weighted by molar-refractivity contribution is 7.92. The molecule has 0 bridgehead atoms. The summed E-state index contributed by atoms with van der Waals surface area (Å²) < 4.78 is 60.8. The largest absolute Gasteiger partial charge is 0.490 e. The van der Waals surface area contributed by atoms with Crippen LogP contribution in [0, 0.1) is 0 Å². The summed E-state index contributed by atoms with van der Waals surface area (Å²) >= 11 is 0. The van der Waals surface area contributed by atoms with E-state index in [9.17, 15) is 26.4 Å². The van der Waals surface area contributed by atoms with Gasteiger partial charge in [-0.1, -0.05) is 24.3 Å². The zero-order chi connectivity index (χ0) is 31.0. The Morgan fingerprint density at radius 2 is 1.49 bits per heavy atom. The van der Waals surface area contributed by atoms with E-state index in [4.69, 9.17) is 9.90 Å². The van der Waals surface area contributed by atoms with Gasteiger partial charge in [-0.15, -0.1) is 0 Å². The number of benzene rings is 2. The van der Waals surface area contributed by atoms with Crippen LogP contribution in [0.2, 0.25) is 0 Å². The van der Waals surface area contributed by atoms with Gasteiger partial charge in [0.25, 0.3) is 15.9 Å². The van der Waals surface area contributed by atoms with E-state index >= 15 is 0 Å². The Labute approximate surface area is 247 Å². The minimum absolute atomic E-state index is 0.109. The molecule has 2 saturated heterocycles. The smallest absolute Gasteiger partial charge is 0.475 e. The Bertz CT molecular complexity index is 1500. The first-order valence-corrected chi connectivity index (χ1v) is 14.9. The number of hydrogen-bond donors (Lipinski definition) is 3. The predicted octanol–water partition coefficient (Wildman–Crippen LogP) is 2.89. The van der Waals surface area contributed by atoms with E-state index in [1.165, 1.54) is 0 Å². The number of nitrogens with one attached hydrogen (secondary N) is 2. The van der Waals surface area contributed by atoms with Crippen molar-refractivity contribution in [2.75, 3.05) is 66.9 Å². The van der Waals surface area contributed by atoms with Crippen LogP contribution < -0.4 is 19.8 Å². The molecule has 0 unspecified atom stereocenters. The molecule has 2 aliphatic heterocycles. The number of carboxylic acids is 1. The third kappa shape index (κ3) is 8.35. The van der Waals surface area contributed by atoms with Crippen LogP contribution >= 0.6 is 0 Å². The number of carbonyl (C=O) groups is 2. The number of alkyl halides is 3. The molecule has 2 aromatic carbocycles. The summed E-state index contributed by atoms with van der Waals surface area (Å²) in [5, 5.41) is 10.4. The number of rotatable bonds is 6. The van der Waals surface area contributed by atoms with E-state index in [2.05, 4.69) is 24.8 Å². The summed E-state index contributed by atoms with van der Waals surface area (Å²) in [4.78, 5) is 33.0. The van der Waals surface area contributed by atoms with Crippen molar-refractivity contribution in [3.63, 3.8) is 0 Å². The molecular weight excluding hydrogens is 589 g/mol. The zero-order valence-electron chi connectivity index (χ0n) is 23.0. The highest BCUT2D eigenvalue weighted by Gasteiger charge is 2.38. The van der Waals surface area contributed by atoms with Crippen molar-refractivity contribution >= 4 is 39.1 Å². The maximum absolute atomic E-state index is 13.4. The summed E-state index contributed by atoms with van der Waals surface area (Å²) in [5.74, 6) is -1.96. The number of aliphatic carboxylic acids is 1. The summed E-state index contributed by atoms with van der Waals surface area (Å²) in [6.45, 7) is 5.65. The van der Waals surface area contributed by atoms with Crippen LogP contribution in [-0.4, -0.2) is 93.8 Å². The number of hydrogen-bond acceptors (Lipinski definition) is 8. The molecule has 0 spiro atoms. The molecule has 3 heterocycles. The van der Waals surface area contributed by atoms with E-state index in [0.29, 0.717) is 37.4 Å². The van der Waals surface area contributed by atoms with Gasteiger partial charge >= 0.3 is 12.1 Å². The monoisotopic (exact) mass is 620 g/mol. The van der Waals surface area contributed by atoms with Crippen LogP contribution in [0.3, 0.4) is 0 Å². The molecule has 3 aromatic rings. The van der Waals surface area contributed by atoms with Crippen LogP contribution in [0.1, 0.15) is 10.4 Å². The lowest BCUT2D eigenvalue weighted by molar-refractivity contribution is -0.192. The van der Waals surface area contributed by atoms with Gasteiger partial charge in [0.15, 0.2) is 0 Å². The SMILES string of the molecule is O=C(O)C(F)(F)F.O=C(c1ccc(N2CCNCC2)c(NS(=O)(=O)c2ccccc2)c1)N1CCN(c2ccccn2)CC1. The summed E-state index contributed by atoms with van der Waals surface area (Å²) in [6, 6.07) is 19.4. The van der Waals surface area contributed by atoms with Crippen molar-refractivity contribution in [2.45, 2.75) is 11.1 Å². The number of amides is 1. The summed E-state index contributed by atoms with van der Waals surface area (Å²) in [5.41, 5.74) is 1.65. The molecule has 0 saturated carbocycles. The number of carboxylic acid groups (broad SMARTS) is 1. The van der Waals surface area contributed by atoms with Gasteiger partial charge in [0, 0.05) is 64.1 Å². The molecule has 2 aliphatic rings. The van der Waals surface area contributed by atoms with Gasteiger partial charge in [-0.25, -0.2) is 18.2 Å². The van der Waals surface area contributed by atoms with Crippen LogP contribution in [0.5, 0.6) is 0 Å². The van der Waals surface area contributed by atoms with Crippen LogP contribution in [0.4, 0.5) is 30.4 Å². The normalized spacial score (nSPS) is 15.7. The number of carbonyl (C=O) groups excluding carboxylic acids is 1. The van der Waals surface area contributed by atoms with Crippen molar-refractivity contribution in [3.8, 4) is 0 Å². The maximum Gasteiger partial charge on any atom is 0.490 e. The van der Waals surface area contributed by atoms with Gasteiger partial charge in [-0.2, -0.15) is 13.2 Å². The third-order valence-corrected chi connectivity index (χ3v) is 8.16. The number of sulfonamides is 1. The van der Waals surface area contributed by atoms with E-state index in [1.54, 1.807) is 48.7 Å². The van der Waals surface area contributed by atoms with Gasteiger partial charge in [0.1, 0.15) is 5.82 Å². The summed E-state index contributed by atoms with van der Waals surface area (Å²) in [6.07, 6.45) is -3.31. The average molecular weight is 621 g/mol. The zero-order valence-corrected chi connectivity index (χ0v) is 23.8. The van der Waals surface area contributed by atoms with Crippen LogP contribution in [-0.2, 0) is 14.8 Å². The molecule has 1 amide bonds. The molecule has 0 radical (unpaired) electrons. The summed E-state index contributed by atoms with van der Waals surface area (Å²) in [7, 11) is -3.81. The number of anilines is 3. The second-order valence-electron chi connectivity index (χ2n) is 9.66. The highest BCUT2D eigenvalue weighted by atomic mass is 32.2. The number of piperazine rings is 2. The number of halogens is 3. The maximum atomic E-state index is 13.4. The van der Waals surface area contributed by atoms with E-state index in [-0.39, 0.29) is 10.8 Å². The Morgan fingerprint density at radius 1 is 0.860 bits per heavy atom. The lowest BCUT2D eigenvalue weighted by Gasteiger charge is -2.35. The minimum atomic E-state index is -5.08. The molecule has 3 N–H and O–H groups in total. The van der Waals surface area contributed by atoms with Gasteiger partial charge in [0.2, 0.25) is 0 Å². The first-order valence-electron chi connectivity index (χ1n) is 13.4. The van der Waals surface area contributed by atoms with Crippen molar-refractivity contribution < 1.29 is 36.3 Å². The molecule has 15 heteroatoms. The van der Waals surface area contributed by atoms with Crippen LogP contribution in [0.15, 0.2) is 77.8 Å². The van der Waals surface area contributed by atoms with Crippen molar-refractivity contribution in [3.05, 3.63) is 78.5 Å². The molecule has 5 rings (SSSR count). The number of aromatic nitrogens is 1. The standard InChI is InChI=1S/C26H30N6O3S.C2HF3O2/c33-26(32-18-16-31(17-19-32)25-8-4-5-11-28-25)21-9-10-24(30-14-12-27-13-15-30)23(20-21)29-36(34,35)22-6-2-1-3-7-22;3-2(4,5)1(6)7/h1-11,20,27,29H,12-19H2;(H,6,7). The van der Waals surface area contributed by atoms with Gasteiger partial charge in [-0.05, 0) is 42.5 Å². The molecular formula is C28H31F3N6O5S. The Hall–Kier alpha value is -4.37. The highest BCUT2D eigenvalue weighted by Crippen LogP contribution is 2.30. The number of pyridine rings is 1. The lowest BCUT2D eigenvalue weighted by Crippen LogP contribution is -2.49. The van der Waals surface area contributed by atoms with E-state index in [0.717, 1.165) is 37.7 Å². The molecule has 0 atom stereocenters. The first-order chi connectivity index (χ1) is 20.5. The number of nitrogens with zero attached hydrogens (tertiary/aromatic N) is 4. The Kier molecular flexibility index (Phi) is 10.1. The van der Waals surface area contributed by atoms with Crippen LogP contribution in [0.25, 0.3) is 0 Å². The molecule has 43 heavy (non-hydrogen) atoms. The fourth-order valence-corrected chi connectivity index (χ4v) is 5.68. The second kappa shape index (κ2) is 13.7. The van der Waals surface area contributed by atoms with Crippen molar-refractivity contribution in [1.29, 1.82) is 0 Å². The molecule has 230 valence electrons. The van der Waals surface area contributed by atoms with Gasteiger partial charge in [-0.3, -0.25) is 9.52 Å². The molecule has 0 aliphatic carbocycles. The fraction of sp³-hybridized carbons (Fsp3) is 0.321. The van der Waals surface area contributed by atoms with E-state index in [1.807, 2.05) is 29.2 Å². The second-order valence-corrected chi connectivity index (χ2v) is 11.3.